The second-order valence-corrected chi connectivity index (χ2v) is 5.19. The molecule has 0 aliphatic rings. The fourth-order valence-electron chi connectivity index (χ4n) is 2.51. The number of fused-ring (bicyclic) bond motifs is 1. The minimum Gasteiger partial charge on any atom is -0.457 e. The van der Waals surface area contributed by atoms with Gasteiger partial charge in [0.1, 0.15) is 11.5 Å². The van der Waals surface area contributed by atoms with E-state index >= 15 is 0 Å². The molecule has 0 N–H and O–H groups in total. The molecule has 3 aromatic rings. The number of nitro benzene ring substituents is 1. The second-order valence-electron chi connectivity index (χ2n) is 5.19. The van der Waals surface area contributed by atoms with Crippen LogP contribution in [0, 0.1) is 24.0 Å². The molecule has 1 aromatic heterocycles. The first-order valence-electron chi connectivity index (χ1n) is 6.82. The van der Waals surface area contributed by atoms with E-state index in [1.165, 1.54) is 12.3 Å². The standard InChI is InChI=1S/C17H14N2O3/c1-11-7-12(2)9-13(8-11)22-17-4-3-16(19(20)21)15-10-18-6-5-14(15)17/h3-10H,1-2H3. The number of nitrogens with zero attached hydrogens (tertiary/aromatic N) is 2. The van der Waals surface area contributed by atoms with E-state index in [9.17, 15) is 10.1 Å². The van der Waals surface area contributed by atoms with Gasteiger partial charge in [-0.15, -0.1) is 0 Å². The van der Waals surface area contributed by atoms with Gasteiger partial charge >= 0.3 is 0 Å². The maximum absolute atomic E-state index is 11.1. The summed E-state index contributed by atoms with van der Waals surface area (Å²) in [5, 5.41) is 12.2. The Morgan fingerprint density at radius 2 is 1.77 bits per heavy atom. The Morgan fingerprint density at radius 3 is 2.45 bits per heavy atom. The molecule has 0 saturated carbocycles. The van der Waals surface area contributed by atoms with E-state index in [1.807, 2.05) is 26.0 Å². The van der Waals surface area contributed by atoms with Crippen molar-refractivity contribution in [2.24, 2.45) is 0 Å². The molecule has 0 atom stereocenters. The molecule has 0 aliphatic carbocycles. The summed E-state index contributed by atoms with van der Waals surface area (Å²) in [5.74, 6) is 1.29. The highest BCUT2D eigenvalue weighted by Crippen LogP contribution is 2.35. The lowest BCUT2D eigenvalue weighted by atomic mass is 10.1. The molecule has 2 aromatic carbocycles. The van der Waals surface area contributed by atoms with Gasteiger partial charge in [0.05, 0.1) is 10.3 Å². The van der Waals surface area contributed by atoms with Gasteiger partial charge in [0.2, 0.25) is 0 Å². The molecule has 0 spiro atoms. The lowest BCUT2D eigenvalue weighted by Gasteiger charge is -2.10. The van der Waals surface area contributed by atoms with E-state index in [4.69, 9.17) is 4.74 Å². The molecule has 0 aliphatic heterocycles. The van der Waals surface area contributed by atoms with Crippen LogP contribution in [0.4, 0.5) is 5.69 Å². The summed E-state index contributed by atoms with van der Waals surface area (Å²) in [6.45, 7) is 4.00. The number of benzene rings is 2. The number of pyridine rings is 1. The van der Waals surface area contributed by atoms with Crippen molar-refractivity contribution in [3.8, 4) is 11.5 Å². The number of nitro groups is 1. The number of ether oxygens (including phenoxy) is 1. The molecule has 0 unspecified atom stereocenters. The van der Waals surface area contributed by atoms with Crippen LogP contribution in [-0.4, -0.2) is 9.91 Å². The van der Waals surface area contributed by atoms with Gasteiger partial charge in [-0.1, -0.05) is 6.07 Å². The summed E-state index contributed by atoms with van der Waals surface area (Å²) >= 11 is 0. The SMILES string of the molecule is Cc1cc(C)cc(Oc2ccc([N+](=O)[O-])c3cnccc23)c1. The first kappa shape index (κ1) is 14.0. The third-order valence-electron chi connectivity index (χ3n) is 3.37. The van der Waals surface area contributed by atoms with Crippen LogP contribution in [0.15, 0.2) is 48.8 Å². The number of non-ortho nitro benzene ring substituents is 1. The Kier molecular flexibility index (Phi) is 3.47. The van der Waals surface area contributed by atoms with Gasteiger partial charge in [-0.25, -0.2) is 0 Å². The van der Waals surface area contributed by atoms with Crippen molar-refractivity contribution >= 4 is 16.5 Å². The second kappa shape index (κ2) is 5.44. The van der Waals surface area contributed by atoms with Crippen molar-refractivity contribution in [3.63, 3.8) is 0 Å². The van der Waals surface area contributed by atoms with E-state index in [0.29, 0.717) is 22.3 Å². The highest BCUT2D eigenvalue weighted by molar-refractivity contribution is 5.94. The van der Waals surface area contributed by atoms with Gasteiger partial charge in [0, 0.05) is 23.8 Å². The summed E-state index contributed by atoms with van der Waals surface area (Å²) in [6.07, 6.45) is 3.09. The van der Waals surface area contributed by atoms with Crippen molar-refractivity contribution in [1.82, 2.24) is 4.98 Å². The van der Waals surface area contributed by atoms with Crippen molar-refractivity contribution in [2.45, 2.75) is 13.8 Å². The molecule has 3 rings (SSSR count). The smallest absolute Gasteiger partial charge is 0.279 e. The summed E-state index contributed by atoms with van der Waals surface area (Å²) < 4.78 is 5.94. The predicted molar refractivity (Wildman–Crippen MR) is 84.4 cm³/mol. The molecule has 1 heterocycles. The van der Waals surface area contributed by atoms with Gasteiger partial charge in [0.25, 0.3) is 5.69 Å². The molecule has 0 fully saturated rings. The Morgan fingerprint density at radius 1 is 1.05 bits per heavy atom. The van der Waals surface area contributed by atoms with Crippen molar-refractivity contribution in [2.75, 3.05) is 0 Å². The van der Waals surface area contributed by atoms with Crippen LogP contribution in [0.2, 0.25) is 0 Å². The number of aryl methyl sites for hydroxylation is 2. The number of hydrogen-bond acceptors (Lipinski definition) is 4. The van der Waals surface area contributed by atoms with Gasteiger partial charge < -0.3 is 4.74 Å². The lowest BCUT2D eigenvalue weighted by Crippen LogP contribution is -1.93. The molecule has 110 valence electrons. The third-order valence-corrected chi connectivity index (χ3v) is 3.37. The zero-order chi connectivity index (χ0) is 15.7. The minimum atomic E-state index is -0.412. The Bertz CT molecular complexity index is 855. The highest BCUT2D eigenvalue weighted by Gasteiger charge is 2.15. The topological polar surface area (TPSA) is 65.3 Å². The summed E-state index contributed by atoms with van der Waals surface area (Å²) in [7, 11) is 0. The van der Waals surface area contributed by atoms with Gasteiger partial charge in [-0.05, 0) is 49.2 Å². The van der Waals surface area contributed by atoms with Crippen LogP contribution in [0.3, 0.4) is 0 Å². The largest absolute Gasteiger partial charge is 0.457 e. The van der Waals surface area contributed by atoms with E-state index in [-0.39, 0.29) is 5.69 Å². The van der Waals surface area contributed by atoms with Crippen molar-refractivity contribution in [1.29, 1.82) is 0 Å². The monoisotopic (exact) mass is 294 g/mol. The average molecular weight is 294 g/mol. The van der Waals surface area contributed by atoms with E-state index in [1.54, 1.807) is 18.3 Å². The maximum atomic E-state index is 11.1. The van der Waals surface area contributed by atoms with Gasteiger partial charge in [0.15, 0.2) is 0 Å². The molecule has 0 amide bonds. The lowest BCUT2D eigenvalue weighted by molar-refractivity contribution is -0.383. The Labute approximate surface area is 127 Å². The van der Waals surface area contributed by atoms with Crippen LogP contribution >= 0.6 is 0 Å². The van der Waals surface area contributed by atoms with Crippen LogP contribution in [-0.2, 0) is 0 Å². The van der Waals surface area contributed by atoms with Crippen molar-refractivity contribution in [3.05, 3.63) is 70.0 Å². The molecule has 22 heavy (non-hydrogen) atoms. The van der Waals surface area contributed by atoms with E-state index in [2.05, 4.69) is 11.1 Å². The first-order valence-corrected chi connectivity index (χ1v) is 6.82. The minimum absolute atomic E-state index is 0.0240. The van der Waals surface area contributed by atoms with Crippen LogP contribution in [0.25, 0.3) is 10.8 Å². The molecular weight excluding hydrogens is 280 g/mol. The van der Waals surface area contributed by atoms with Crippen LogP contribution < -0.4 is 4.74 Å². The molecular formula is C17H14N2O3. The van der Waals surface area contributed by atoms with Gasteiger partial charge in [-0.3, -0.25) is 15.1 Å². The zero-order valence-corrected chi connectivity index (χ0v) is 12.2. The van der Waals surface area contributed by atoms with Gasteiger partial charge in [-0.2, -0.15) is 0 Å². The average Bonchev–Trinajstić information content (AvgIpc) is 2.46. The summed E-state index contributed by atoms with van der Waals surface area (Å²) in [6, 6.07) is 10.7. The predicted octanol–water partition coefficient (Wildman–Crippen LogP) is 4.55. The highest BCUT2D eigenvalue weighted by atomic mass is 16.6. The summed E-state index contributed by atoms with van der Waals surface area (Å²) in [4.78, 5) is 14.7. The number of rotatable bonds is 3. The molecule has 0 bridgehead atoms. The molecule has 0 radical (unpaired) electrons. The van der Waals surface area contributed by atoms with Crippen LogP contribution in [0.5, 0.6) is 11.5 Å². The molecule has 0 saturated heterocycles. The third kappa shape index (κ3) is 2.61. The zero-order valence-electron chi connectivity index (χ0n) is 12.2. The first-order chi connectivity index (χ1) is 10.5. The van der Waals surface area contributed by atoms with E-state index < -0.39 is 4.92 Å². The summed E-state index contributed by atoms with van der Waals surface area (Å²) in [5.41, 5.74) is 2.22. The maximum Gasteiger partial charge on any atom is 0.279 e. The number of aromatic nitrogens is 1. The fourth-order valence-corrected chi connectivity index (χ4v) is 2.51. The molecule has 5 nitrogen and oxygen atoms in total. The fraction of sp³-hybridized carbons (Fsp3) is 0.118. The van der Waals surface area contributed by atoms with Crippen molar-refractivity contribution < 1.29 is 9.66 Å². The molecule has 5 heteroatoms. The normalized spacial score (nSPS) is 10.6. The van der Waals surface area contributed by atoms with E-state index in [0.717, 1.165) is 11.1 Å². The quantitative estimate of drug-likeness (QED) is 0.525. The van der Waals surface area contributed by atoms with Crippen LogP contribution in [0.1, 0.15) is 11.1 Å². The Balaban J connectivity index is 2.12. The number of hydrogen-bond donors (Lipinski definition) is 0. The Hall–Kier alpha value is -2.95.